The van der Waals surface area contributed by atoms with Gasteiger partial charge in [-0.2, -0.15) is 0 Å². The number of hydrogen-bond donors (Lipinski definition) is 1. The summed E-state index contributed by atoms with van der Waals surface area (Å²) in [5.41, 5.74) is 7.87. The van der Waals surface area contributed by atoms with Gasteiger partial charge in [0.15, 0.2) is 0 Å². The number of sulfonamides is 1. The molecule has 0 radical (unpaired) electrons. The van der Waals surface area contributed by atoms with Gasteiger partial charge in [-0.3, -0.25) is 13.9 Å². The highest BCUT2D eigenvalue weighted by Crippen LogP contribution is 2.27. The summed E-state index contributed by atoms with van der Waals surface area (Å²) in [6, 6.07) is 4.58. The zero-order valence-electron chi connectivity index (χ0n) is 16.4. The molecule has 150 valence electrons. The first-order valence-corrected chi connectivity index (χ1v) is 11.1. The normalized spacial score (nSPS) is 16.8. The number of nitrogens with zero attached hydrogens (tertiary/aromatic N) is 2. The van der Waals surface area contributed by atoms with E-state index < -0.39 is 16.1 Å². The summed E-state index contributed by atoms with van der Waals surface area (Å²) in [7, 11) is -3.66. The van der Waals surface area contributed by atoms with Gasteiger partial charge in [0.2, 0.25) is 21.8 Å². The summed E-state index contributed by atoms with van der Waals surface area (Å²) in [6.07, 6.45) is 2.51. The summed E-state index contributed by atoms with van der Waals surface area (Å²) in [6.45, 7) is 6.49. The lowest BCUT2D eigenvalue weighted by Crippen LogP contribution is -2.53. The number of primary amides is 1. The van der Waals surface area contributed by atoms with Crippen LogP contribution < -0.4 is 10.0 Å². The zero-order valence-corrected chi connectivity index (χ0v) is 17.3. The summed E-state index contributed by atoms with van der Waals surface area (Å²) < 4.78 is 26.3. The summed E-state index contributed by atoms with van der Waals surface area (Å²) in [4.78, 5) is 26.1. The van der Waals surface area contributed by atoms with E-state index in [2.05, 4.69) is 0 Å². The summed E-state index contributed by atoms with van der Waals surface area (Å²) in [5.74, 6) is -0.800. The van der Waals surface area contributed by atoms with E-state index in [-0.39, 0.29) is 17.7 Å². The lowest BCUT2D eigenvalue weighted by Gasteiger charge is -2.37. The molecule has 8 heteroatoms. The molecule has 1 aromatic rings. The van der Waals surface area contributed by atoms with Crippen molar-refractivity contribution in [2.75, 3.05) is 23.7 Å². The Bertz CT molecular complexity index is 814. The van der Waals surface area contributed by atoms with E-state index in [4.69, 9.17) is 5.73 Å². The van der Waals surface area contributed by atoms with Gasteiger partial charge in [0.1, 0.15) is 6.04 Å². The number of hydrogen-bond acceptors (Lipinski definition) is 4. The Balaban J connectivity index is 2.31. The van der Waals surface area contributed by atoms with Gasteiger partial charge in [-0.1, -0.05) is 13.0 Å². The van der Waals surface area contributed by atoms with E-state index in [0.29, 0.717) is 38.0 Å². The molecular weight excluding hydrogens is 366 g/mol. The van der Waals surface area contributed by atoms with Crippen LogP contribution in [0.1, 0.15) is 37.3 Å². The molecular formula is C19H29N3O4S. The molecule has 1 fully saturated rings. The number of anilines is 1. The Morgan fingerprint density at radius 3 is 2.26 bits per heavy atom. The molecule has 1 atom stereocenters. The van der Waals surface area contributed by atoms with E-state index in [1.165, 1.54) is 4.31 Å². The van der Waals surface area contributed by atoms with Crippen molar-refractivity contribution in [1.82, 2.24) is 4.90 Å². The van der Waals surface area contributed by atoms with Crippen LogP contribution in [0.2, 0.25) is 0 Å². The second-order valence-electron chi connectivity index (χ2n) is 7.25. The molecule has 1 aliphatic rings. The molecule has 0 unspecified atom stereocenters. The van der Waals surface area contributed by atoms with Gasteiger partial charge in [-0.05, 0) is 56.4 Å². The fourth-order valence-corrected chi connectivity index (χ4v) is 4.70. The van der Waals surface area contributed by atoms with Crippen molar-refractivity contribution in [1.29, 1.82) is 0 Å². The van der Waals surface area contributed by atoms with Crippen molar-refractivity contribution >= 4 is 27.5 Å². The minimum atomic E-state index is -3.66. The van der Waals surface area contributed by atoms with E-state index >= 15 is 0 Å². The molecule has 7 nitrogen and oxygen atoms in total. The van der Waals surface area contributed by atoms with Crippen LogP contribution in [-0.4, -0.2) is 50.5 Å². The third-order valence-corrected chi connectivity index (χ3v) is 6.45. The predicted octanol–water partition coefficient (Wildman–Crippen LogP) is 1.57. The lowest BCUT2D eigenvalue weighted by molar-refractivity contribution is -0.135. The largest absolute Gasteiger partial charge is 0.369 e. The maximum atomic E-state index is 13.1. The Labute approximate surface area is 161 Å². The van der Waals surface area contributed by atoms with Gasteiger partial charge in [0, 0.05) is 19.0 Å². The van der Waals surface area contributed by atoms with E-state index in [0.717, 1.165) is 17.4 Å². The minimum Gasteiger partial charge on any atom is -0.369 e. The SMILES string of the molecule is CC[C@H](C(=O)N1CCC(C(N)=O)CC1)N(c1ccc(C)c(C)c1)S(C)(=O)=O. The smallest absolute Gasteiger partial charge is 0.246 e. The number of carbonyl (C=O) groups is 2. The molecule has 0 saturated carbocycles. The molecule has 1 heterocycles. The molecule has 1 aromatic carbocycles. The van der Waals surface area contributed by atoms with Crippen LogP contribution >= 0.6 is 0 Å². The second kappa shape index (κ2) is 8.29. The molecule has 1 saturated heterocycles. The predicted molar refractivity (Wildman–Crippen MR) is 106 cm³/mol. The van der Waals surface area contributed by atoms with Gasteiger partial charge in [0.25, 0.3) is 0 Å². The van der Waals surface area contributed by atoms with Crippen molar-refractivity contribution in [2.24, 2.45) is 11.7 Å². The zero-order chi connectivity index (χ0) is 20.4. The molecule has 2 rings (SSSR count). The summed E-state index contributed by atoms with van der Waals surface area (Å²) >= 11 is 0. The number of likely N-dealkylation sites (tertiary alicyclic amines) is 1. The van der Waals surface area contributed by atoms with Crippen LogP contribution in [0.15, 0.2) is 18.2 Å². The topological polar surface area (TPSA) is 101 Å². The molecule has 0 aromatic heterocycles. The van der Waals surface area contributed by atoms with Crippen LogP contribution in [-0.2, 0) is 19.6 Å². The minimum absolute atomic E-state index is 0.222. The first-order chi connectivity index (χ1) is 12.6. The van der Waals surface area contributed by atoms with Crippen LogP contribution in [0.4, 0.5) is 5.69 Å². The molecule has 2 amide bonds. The van der Waals surface area contributed by atoms with Crippen molar-refractivity contribution in [3.63, 3.8) is 0 Å². The Kier molecular flexibility index (Phi) is 6.51. The quantitative estimate of drug-likeness (QED) is 0.790. The fraction of sp³-hybridized carbons (Fsp3) is 0.579. The van der Waals surface area contributed by atoms with Crippen LogP contribution in [0.5, 0.6) is 0 Å². The lowest BCUT2D eigenvalue weighted by atomic mass is 9.95. The first-order valence-electron chi connectivity index (χ1n) is 9.21. The van der Waals surface area contributed by atoms with Crippen molar-refractivity contribution < 1.29 is 18.0 Å². The molecule has 2 N–H and O–H groups in total. The average molecular weight is 396 g/mol. The number of nitrogens with two attached hydrogens (primary N) is 1. The number of aryl methyl sites for hydroxylation is 2. The van der Waals surface area contributed by atoms with Crippen molar-refractivity contribution in [3.05, 3.63) is 29.3 Å². The van der Waals surface area contributed by atoms with Gasteiger partial charge >= 0.3 is 0 Å². The third-order valence-electron chi connectivity index (χ3n) is 5.27. The number of piperidine rings is 1. The van der Waals surface area contributed by atoms with Gasteiger partial charge < -0.3 is 10.6 Å². The first kappa shape index (κ1) is 21.2. The highest BCUT2D eigenvalue weighted by Gasteiger charge is 2.36. The summed E-state index contributed by atoms with van der Waals surface area (Å²) in [5, 5.41) is 0. The number of carbonyl (C=O) groups excluding carboxylic acids is 2. The third kappa shape index (κ3) is 4.80. The van der Waals surface area contributed by atoms with Gasteiger partial charge in [-0.25, -0.2) is 8.42 Å². The number of amides is 2. The molecule has 0 aliphatic carbocycles. The van der Waals surface area contributed by atoms with E-state index in [1.54, 1.807) is 24.0 Å². The number of benzene rings is 1. The highest BCUT2D eigenvalue weighted by molar-refractivity contribution is 7.92. The standard InChI is InChI=1S/C19H29N3O4S/c1-5-17(19(24)21-10-8-15(9-11-21)18(20)23)22(27(4,25)26)16-7-6-13(2)14(3)12-16/h6-7,12,15,17H,5,8-11H2,1-4H3,(H2,20,23)/t17-/m1/s1. The van der Waals surface area contributed by atoms with Gasteiger partial charge in [0.05, 0.1) is 11.9 Å². The maximum absolute atomic E-state index is 13.1. The molecule has 1 aliphatic heterocycles. The molecule has 27 heavy (non-hydrogen) atoms. The van der Waals surface area contributed by atoms with Crippen molar-refractivity contribution in [2.45, 2.75) is 46.1 Å². The second-order valence-corrected chi connectivity index (χ2v) is 9.11. The van der Waals surface area contributed by atoms with E-state index in [1.807, 2.05) is 19.9 Å². The van der Waals surface area contributed by atoms with Gasteiger partial charge in [-0.15, -0.1) is 0 Å². The number of rotatable bonds is 6. The van der Waals surface area contributed by atoms with E-state index in [9.17, 15) is 18.0 Å². The molecule has 0 bridgehead atoms. The Morgan fingerprint density at radius 2 is 1.81 bits per heavy atom. The van der Waals surface area contributed by atoms with Crippen LogP contribution in [0.3, 0.4) is 0 Å². The maximum Gasteiger partial charge on any atom is 0.246 e. The van der Waals surface area contributed by atoms with Crippen LogP contribution in [0.25, 0.3) is 0 Å². The monoisotopic (exact) mass is 395 g/mol. The molecule has 0 spiro atoms. The Hall–Kier alpha value is -2.09. The average Bonchev–Trinajstić information content (AvgIpc) is 2.60. The Morgan fingerprint density at radius 1 is 1.22 bits per heavy atom. The highest BCUT2D eigenvalue weighted by atomic mass is 32.2. The fourth-order valence-electron chi connectivity index (χ4n) is 3.50. The van der Waals surface area contributed by atoms with Crippen molar-refractivity contribution in [3.8, 4) is 0 Å². The van der Waals surface area contributed by atoms with Crippen LogP contribution in [0, 0.1) is 19.8 Å².